The number of hydrogen-bond acceptors (Lipinski definition) is 2. The zero-order valence-corrected chi connectivity index (χ0v) is 13.9. The summed E-state index contributed by atoms with van der Waals surface area (Å²) in [6, 6.07) is 10.0. The normalized spacial score (nSPS) is 10.9. The van der Waals surface area contributed by atoms with Crippen LogP contribution < -0.4 is 11.1 Å². The largest absolute Gasteiger partial charge is 0.347 e. The number of benzene rings is 1. The van der Waals surface area contributed by atoms with Crippen LogP contribution in [-0.2, 0) is 13.1 Å². The van der Waals surface area contributed by atoms with Gasteiger partial charge in [0.25, 0.3) is 5.91 Å². The van der Waals surface area contributed by atoms with Crippen molar-refractivity contribution >= 4 is 21.8 Å². The molecule has 0 atom stereocenters. The van der Waals surface area contributed by atoms with Gasteiger partial charge in [0, 0.05) is 29.8 Å². The molecule has 0 spiro atoms. The number of nitrogens with zero attached hydrogens (tertiary/aromatic N) is 1. The molecular formula is C16H20BrN3O. The smallest absolute Gasteiger partial charge is 0.268 e. The summed E-state index contributed by atoms with van der Waals surface area (Å²) in [6.07, 6.45) is 1.93. The quantitative estimate of drug-likeness (QED) is 0.870. The summed E-state index contributed by atoms with van der Waals surface area (Å²) in [7, 11) is 0. The lowest BCUT2D eigenvalue weighted by molar-refractivity contribution is 0.0940. The van der Waals surface area contributed by atoms with Crippen LogP contribution in [0.2, 0.25) is 0 Å². The highest BCUT2D eigenvalue weighted by Crippen LogP contribution is 2.19. The summed E-state index contributed by atoms with van der Waals surface area (Å²) in [5, 5.41) is 2.95. The molecular weight excluding hydrogens is 330 g/mol. The Balaban J connectivity index is 2.04. The summed E-state index contributed by atoms with van der Waals surface area (Å²) in [5.41, 5.74) is 8.37. The van der Waals surface area contributed by atoms with E-state index >= 15 is 0 Å². The van der Waals surface area contributed by atoms with Crippen LogP contribution in [0.25, 0.3) is 0 Å². The Morgan fingerprint density at radius 1 is 1.29 bits per heavy atom. The van der Waals surface area contributed by atoms with E-state index in [0.717, 1.165) is 15.6 Å². The van der Waals surface area contributed by atoms with E-state index in [-0.39, 0.29) is 11.9 Å². The van der Waals surface area contributed by atoms with Crippen LogP contribution in [-0.4, -0.2) is 10.5 Å². The summed E-state index contributed by atoms with van der Waals surface area (Å²) in [6.45, 7) is 5.14. The van der Waals surface area contributed by atoms with E-state index in [0.29, 0.717) is 18.8 Å². The van der Waals surface area contributed by atoms with Crippen LogP contribution in [0.5, 0.6) is 0 Å². The Hall–Kier alpha value is -1.59. The van der Waals surface area contributed by atoms with Crippen LogP contribution >= 0.6 is 15.9 Å². The lowest BCUT2D eigenvalue weighted by Crippen LogP contribution is -2.25. The maximum Gasteiger partial charge on any atom is 0.268 e. The maximum absolute atomic E-state index is 12.3. The Labute approximate surface area is 133 Å². The Morgan fingerprint density at radius 2 is 1.90 bits per heavy atom. The molecule has 0 fully saturated rings. The second-order valence-corrected chi connectivity index (χ2v) is 6.16. The molecule has 0 unspecified atom stereocenters. The van der Waals surface area contributed by atoms with E-state index in [4.69, 9.17) is 5.73 Å². The van der Waals surface area contributed by atoms with Gasteiger partial charge in [-0.05, 0) is 47.0 Å². The van der Waals surface area contributed by atoms with Crippen LogP contribution in [0.15, 0.2) is 41.0 Å². The van der Waals surface area contributed by atoms with Crippen LogP contribution in [0.1, 0.15) is 41.5 Å². The highest BCUT2D eigenvalue weighted by atomic mass is 79.9. The van der Waals surface area contributed by atoms with Gasteiger partial charge in [0.05, 0.1) is 0 Å². The number of hydrogen-bond donors (Lipinski definition) is 2. The van der Waals surface area contributed by atoms with Crippen molar-refractivity contribution in [3.63, 3.8) is 0 Å². The first-order valence-electron chi connectivity index (χ1n) is 6.94. The lowest BCUT2D eigenvalue weighted by Gasteiger charge is -2.12. The fourth-order valence-electron chi connectivity index (χ4n) is 2.12. The number of carbonyl (C=O) groups excluding carboxylic acids is 1. The molecule has 2 aromatic rings. The number of amides is 1. The number of nitrogens with two attached hydrogens (primary N) is 1. The number of halogens is 1. The van der Waals surface area contributed by atoms with Crippen LogP contribution in [0, 0.1) is 0 Å². The summed E-state index contributed by atoms with van der Waals surface area (Å²) in [4.78, 5) is 12.3. The topological polar surface area (TPSA) is 60.0 Å². The standard InChI is InChI=1S/C16H20BrN3O/c1-11(2)20-10-14(17)7-15(20)16(21)19-9-13-5-3-12(8-18)4-6-13/h3-7,10-11H,8-9,18H2,1-2H3,(H,19,21). The van der Waals surface area contributed by atoms with E-state index in [2.05, 4.69) is 35.1 Å². The van der Waals surface area contributed by atoms with Gasteiger partial charge in [-0.25, -0.2) is 0 Å². The Kier molecular flexibility index (Phi) is 5.20. The van der Waals surface area contributed by atoms with E-state index < -0.39 is 0 Å². The van der Waals surface area contributed by atoms with Gasteiger partial charge in [-0.15, -0.1) is 0 Å². The molecule has 0 aliphatic carbocycles. The molecule has 0 aliphatic rings. The summed E-state index contributed by atoms with van der Waals surface area (Å²) < 4.78 is 2.87. The first-order valence-corrected chi connectivity index (χ1v) is 7.74. The zero-order chi connectivity index (χ0) is 15.4. The molecule has 3 N–H and O–H groups in total. The minimum absolute atomic E-state index is 0.0719. The lowest BCUT2D eigenvalue weighted by atomic mass is 10.1. The minimum atomic E-state index is -0.0719. The number of aromatic nitrogens is 1. The molecule has 2 rings (SSSR count). The number of rotatable bonds is 5. The van der Waals surface area contributed by atoms with Crippen molar-refractivity contribution in [2.45, 2.75) is 33.0 Å². The molecule has 1 amide bonds. The fraction of sp³-hybridized carbons (Fsp3) is 0.312. The van der Waals surface area contributed by atoms with Gasteiger partial charge in [0.1, 0.15) is 5.69 Å². The molecule has 1 heterocycles. The third-order valence-electron chi connectivity index (χ3n) is 3.32. The van der Waals surface area contributed by atoms with E-state index in [1.54, 1.807) is 0 Å². The number of nitrogens with one attached hydrogen (secondary N) is 1. The van der Waals surface area contributed by atoms with Crippen molar-refractivity contribution in [1.29, 1.82) is 0 Å². The van der Waals surface area contributed by atoms with Gasteiger partial charge >= 0.3 is 0 Å². The van der Waals surface area contributed by atoms with Crippen molar-refractivity contribution in [2.24, 2.45) is 5.73 Å². The van der Waals surface area contributed by atoms with Crippen molar-refractivity contribution < 1.29 is 4.79 Å². The molecule has 1 aromatic carbocycles. The van der Waals surface area contributed by atoms with E-state index in [9.17, 15) is 4.79 Å². The van der Waals surface area contributed by atoms with Crippen LogP contribution in [0.4, 0.5) is 0 Å². The molecule has 1 aromatic heterocycles. The number of carbonyl (C=O) groups is 1. The molecule has 21 heavy (non-hydrogen) atoms. The minimum Gasteiger partial charge on any atom is -0.347 e. The van der Waals surface area contributed by atoms with Gasteiger partial charge in [0.15, 0.2) is 0 Å². The van der Waals surface area contributed by atoms with Crippen molar-refractivity contribution in [3.8, 4) is 0 Å². The van der Waals surface area contributed by atoms with E-state index in [1.165, 1.54) is 0 Å². The van der Waals surface area contributed by atoms with Crippen molar-refractivity contribution in [3.05, 3.63) is 57.8 Å². The maximum atomic E-state index is 12.3. The molecule has 0 saturated heterocycles. The highest BCUT2D eigenvalue weighted by molar-refractivity contribution is 9.10. The Morgan fingerprint density at radius 3 is 2.48 bits per heavy atom. The first-order chi connectivity index (χ1) is 10.0. The molecule has 112 valence electrons. The summed E-state index contributed by atoms with van der Waals surface area (Å²) >= 11 is 3.42. The summed E-state index contributed by atoms with van der Waals surface area (Å²) in [5.74, 6) is -0.0719. The van der Waals surface area contributed by atoms with E-state index in [1.807, 2.05) is 41.1 Å². The fourth-order valence-corrected chi connectivity index (χ4v) is 2.56. The molecule has 0 radical (unpaired) electrons. The predicted molar refractivity (Wildman–Crippen MR) is 88.0 cm³/mol. The second-order valence-electron chi connectivity index (χ2n) is 5.25. The second kappa shape index (κ2) is 6.91. The SMILES string of the molecule is CC(C)n1cc(Br)cc1C(=O)NCc1ccc(CN)cc1. The molecule has 0 aliphatic heterocycles. The first kappa shape index (κ1) is 15.8. The van der Waals surface area contributed by atoms with Crippen molar-refractivity contribution in [2.75, 3.05) is 0 Å². The van der Waals surface area contributed by atoms with Gasteiger partial charge in [-0.3, -0.25) is 4.79 Å². The third-order valence-corrected chi connectivity index (χ3v) is 3.75. The molecule has 0 bridgehead atoms. The van der Waals surface area contributed by atoms with Gasteiger partial charge in [0.2, 0.25) is 0 Å². The zero-order valence-electron chi connectivity index (χ0n) is 12.3. The van der Waals surface area contributed by atoms with Gasteiger partial charge in [-0.1, -0.05) is 24.3 Å². The average Bonchev–Trinajstić information content (AvgIpc) is 2.87. The highest BCUT2D eigenvalue weighted by Gasteiger charge is 2.14. The monoisotopic (exact) mass is 349 g/mol. The predicted octanol–water partition coefficient (Wildman–Crippen LogP) is 3.22. The van der Waals surface area contributed by atoms with Gasteiger partial charge < -0.3 is 15.6 Å². The third kappa shape index (κ3) is 3.95. The van der Waals surface area contributed by atoms with Crippen molar-refractivity contribution in [1.82, 2.24) is 9.88 Å². The molecule has 0 saturated carbocycles. The average molecular weight is 350 g/mol. The molecule has 5 heteroatoms. The Bertz CT molecular complexity index is 617. The van der Waals surface area contributed by atoms with Crippen LogP contribution in [0.3, 0.4) is 0 Å². The van der Waals surface area contributed by atoms with Gasteiger partial charge in [-0.2, -0.15) is 0 Å². The molecule has 4 nitrogen and oxygen atoms in total.